The fourth-order valence-corrected chi connectivity index (χ4v) is 4.83. The molecule has 4 aromatic rings. The summed E-state index contributed by atoms with van der Waals surface area (Å²) in [5, 5.41) is 9.15. The average Bonchev–Trinajstić information content (AvgIpc) is 3.19. The molecule has 0 aliphatic carbocycles. The molecule has 0 aromatic carbocycles. The zero-order valence-corrected chi connectivity index (χ0v) is 18.7. The summed E-state index contributed by atoms with van der Waals surface area (Å²) in [4.78, 5) is 24.8. The Morgan fingerprint density at radius 2 is 1.91 bits per heavy atom. The Bertz CT molecular complexity index is 1330. The van der Waals surface area contributed by atoms with E-state index in [9.17, 15) is 4.79 Å². The summed E-state index contributed by atoms with van der Waals surface area (Å²) < 4.78 is 3.69. The summed E-state index contributed by atoms with van der Waals surface area (Å²) in [5.41, 5.74) is 6.45. The monoisotopic (exact) mass is 431 g/mol. The minimum atomic E-state index is -0.0653. The predicted octanol–water partition coefficient (Wildman–Crippen LogP) is 3.05. The fraction of sp³-hybridized carbons (Fsp3) is 0.400. The van der Waals surface area contributed by atoms with Crippen LogP contribution in [0.5, 0.6) is 0 Å². The highest BCUT2D eigenvalue weighted by Gasteiger charge is 2.21. The summed E-state index contributed by atoms with van der Waals surface area (Å²) in [7, 11) is 0. The van der Waals surface area contributed by atoms with Gasteiger partial charge in [0.2, 0.25) is 0 Å². The van der Waals surface area contributed by atoms with Crippen molar-refractivity contribution in [1.82, 2.24) is 23.7 Å². The molecule has 0 spiro atoms. The molecule has 1 aliphatic heterocycles. The summed E-state index contributed by atoms with van der Waals surface area (Å²) in [6.45, 7) is 7.00. The molecule has 1 N–H and O–H groups in total. The van der Waals surface area contributed by atoms with Crippen LogP contribution >= 0.6 is 0 Å². The summed E-state index contributed by atoms with van der Waals surface area (Å²) >= 11 is 0. The molecule has 7 nitrogen and oxygen atoms in total. The number of hydrogen-bond acceptors (Lipinski definition) is 5. The van der Waals surface area contributed by atoms with E-state index in [1.165, 1.54) is 5.56 Å². The average molecular weight is 432 g/mol. The van der Waals surface area contributed by atoms with Gasteiger partial charge in [-0.25, -0.2) is 9.97 Å². The number of β-amino-alcohol motifs (C(OH)–C–C–N with tert-alkyl or cyclic N) is 1. The van der Waals surface area contributed by atoms with Gasteiger partial charge in [-0.1, -0.05) is 13.0 Å². The number of aliphatic hydroxyl groups excluding tert-OH is 1. The molecule has 0 bridgehead atoms. The number of hydrogen-bond donors (Lipinski definition) is 1. The number of rotatable bonds is 5. The quantitative estimate of drug-likeness (QED) is 0.526. The van der Waals surface area contributed by atoms with Crippen molar-refractivity contribution < 1.29 is 5.11 Å². The van der Waals surface area contributed by atoms with Gasteiger partial charge >= 0.3 is 0 Å². The lowest BCUT2D eigenvalue weighted by molar-refractivity contribution is 0.164. The molecule has 5 heterocycles. The highest BCUT2D eigenvalue weighted by Crippen LogP contribution is 2.28. The second kappa shape index (κ2) is 8.48. The maximum Gasteiger partial charge on any atom is 0.258 e. The number of aryl methyl sites for hydroxylation is 2. The molecule has 0 saturated carbocycles. The first-order valence-corrected chi connectivity index (χ1v) is 11.4. The van der Waals surface area contributed by atoms with E-state index in [-0.39, 0.29) is 12.2 Å². The van der Waals surface area contributed by atoms with Crippen LogP contribution in [0.4, 0.5) is 0 Å². The van der Waals surface area contributed by atoms with E-state index < -0.39 is 0 Å². The van der Waals surface area contributed by atoms with E-state index in [4.69, 9.17) is 10.1 Å². The Hall–Kier alpha value is -3.03. The van der Waals surface area contributed by atoms with E-state index in [2.05, 4.69) is 28.9 Å². The number of imidazole rings is 1. The number of aromatic nitrogens is 4. The van der Waals surface area contributed by atoms with Crippen LogP contribution < -0.4 is 5.56 Å². The molecule has 0 unspecified atom stereocenters. The van der Waals surface area contributed by atoms with Crippen molar-refractivity contribution in [2.75, 3.05) is 26.2 Å². The molecule has 0 amide bonds. The van der Waals surface area contributed by atoms with Gasteiger partial charge < -0.3 is 14.4 Å². The Balaban J connectivity index is 1.49. The van der Waals surface area contributed by atoms with Crippen molar-refractivity contribution >= 4 is 11.3 Å². The van der Waals surface area contributed by atoms with Gasteiger partial charge in [0.05, 0.1) is 18.0 Å². The first kappa shape index (κ1) is 20.8. The van der Waals surface area contributed by atoms with Crippen molar-refractivity contribution in [3.63, 3.8) is 0 Å². The molecule has 32 heavy (non-hydrogen) atoms. The molecule has 166 valence electrons. The zero-order chi connectivity index (χ0) is 22.2. The normalized spacial score (nSPS) is 15.7. The van der Waals surface area contributed by atoms with Crippen molar-refractivity contribution in [3.8, 4) is 11.3 Å². The van der Waals surface area contributed by atoms with Crippen LogP contribution in [0.1, 0.15) is 42.5 Å². The molecular weight excluding hydrogens is 402 g/mol. The number of nitrogens with zero attached hydrogens (tertiary/aromatic N) is 5. The summed E-state index contributed by atoms with van der Waals surface area (Å²) in [5.74, 6) is 0.430. The van der Waals surface area contributed by atoms with Crippen LogP contribution in [0.3, 0.4) is 0 Å². The SMILES string of the molecule is CCc1cc(-c2cc(=O)n3cc(C4CCN(CCO)CC4)ccc3n2)cn2cc(C)nc12. The van der Waals surface area contributed by atoms with Gasteiger partial charge in [0.15, 0.2) is 0 Å². The van der Waals surface area contributed by atoms with Crippen LogP contribution in [0, 0.1) is 6.92 Å². The number of likely N-dealkylation sites (tertiary alicyclic amines) is 1. The maximum atomic E-state index is 13.0. The lowest BCUT2D eigenvalue weighted by atomic mass is 9.90. The third-order valence-corrected chi connectivity index (χ3v) is 6.58. The highest BCUT2D eigenvalue weighted by molar-refractivity contribution is 5.66. The third kappa shape index (κ3) is 3.82. The predicted molar refractivity (Wildman–Crippen MR) is 125 cm³/mol. The van der Waals surface area contributed by atoms with Crippen molar-refractivity contribution in [2.45, 2.75) is 39.0 Å². The minimum absolute atomic E-state index is 0.0653. The van der Waals surface area contributed by atoms with E-state index in [1.54, 1.807) is 10.5 Å². The molecule has 1 saturated heterocycles. The Morgan fingerprint density at radius 1 is 1.09 bits per heavy atom. The van der Waals surface area contributed by atoms with E-state index >= 15 is 0 Å². The van der Waals surface area contributed by atoms with Gasteiger partial charge in [0.25, 0.3) is 5.56 Å². The fourth-order valence-electron chi connectivity index (χ4n) is 4.83. The van der Waals surface area contributed by atoms with Crippen LogP contribution in [0.2, 0.25) is 0 Å². The van der Waals surface area contributed by atoms with Crippen LogP contribution in [0.25, 0.3) is 22.6 Å². The Labute approximate surface area is 187 Å². The molecule has 7 heteroatoms. The first-order chi connectivity index (χ1) is 15.6. The van der Waals surface area contributed by atoms with Crippen LogP contribution in [-0.4, -0.2) is 55.0 Å². The van der Waals surface area contributed by atoms with Gasteiger partial charge in [0.1, 0.15) is 11.3 Å². The largest absolute Gasteiger partial charge is 0.395 e. The highest BCUT2D eigenvalue weighted by atomic mass is 16.3. The molecule has 5 rings (SSSR count). The Kier molecular flexibility index (Phi) is 5.53. The van der Waals surface area contributed by atoms with E-state index in [0.717, 1.165) is 61.4 Å². The summed E-state index contributed by atoms with van der Waals surface area (Å²) in [6, 6.07) is 7.79. The summed E-state index contributed by atoms with van der Waals surface area (Å²) in [6.07, 6.45) is 8.90. The van der Waals surface area contributed by atoms with Crippen molar-refractivity contribution in [1.29, 1.82) is 0 Å². The van der Waals surface area contributed by atoms with E-state index in [0.29, 0.717) is 17.3 Å². The topological polar surface area (TPSA) is 75.1 Å². The lowest BCUT2D eigenvalue weighted by Gasteiger charge is -2.31. The molecule has 0 atom stereocenters. The molecular formula is C25H29N5O2. The smallest absolute Gasteiger partial charge is 0.258 e. The Morgan fingerprint density at radius 3 is 2.66 bits per heavy atom. The minimum Gasteiger partial charge on any atom is -0.395 e. The number of aliphatic hydroxyl groups is 1. The van der Waals surface area contributed by atoms with Gasteiger partial charge in [-0.2, -0.15) is 0 Å². The van der Waals surface area contributed by atoms with Crippen LogP contribution in [-0.2, 0) is 6.42 Å². The van der Waals surface area contributed by atoms with Gasteiger partial charge in [0, 0.05) is 36.8 Å². The zero-order valence-electron chi connectivity index (χ0n) is 18.7. The standard InChI is InChI=1S/C25H29N5O2/c1-3-18-12-21(15-29-14-17(2)26-25(18)29)22-13-24(32)30-16-20(4-5-23(30)27-22)19-6-8-28(9-7-19)10-11-31/h4-5,12-16,19,31H,3,6-11H2,1-2H3. The molecule has 1 fully saturated rings. The van der Waals surface area contributed by atoms with E-state index in [1.807, 2.05) is 36.0 Å². The second-order valence-corrected chi connectivity index (χ2v) is 8.73. The first-order valence-electron chi connectivity index (χ1n) is 11.4. The lowest BCUT2D eigenvalue weighted by Crippen LogP contribution is -2.35. The number of pyridine rings is 2. The van der Waals surface area contributed by atoms with Gasteiger partial charge in [-0.3, -0.25) is 9.20 Å². The molecule has 4 aromatic heterocycles. The maximum absolute atomic E-state index is 13.0. The van der Waals surface area contributed by atoms with Gasteiger partial charge in [-0.05, 0) is 68.5 Å². The molecule has 1 aliphatic rings. The number of fused-ring (bicyclic) bond motifs is 2. The molecule has 0 radical (unpaired) electrons. The number of piperidine rings is 1. The van der Waals surface area contributed by atoms with Crippen molar-refractivity contribution in [3.05, 3.63) is 70.0 Å². The third-order valence-electron chi connectivity index (χ3n) is 6.58. The van der Waals surface area contributed by atoms with Gasteiger partial charge in [-0.15, -0.1) is 0 Å². The second-order valence-electron chi connectivity index (χ2n) is 8.73. The van der Waals surface area contributed by atoms with Crippen molar-refractivity contribution in [2.24, 2.45) is 0 Å². The van der Waals surface area contributed by atoms with Crippen LogP contribution in [0.15, 0.2) is 47.7 Å².